The third kappa shape index (κ3) is 4.61. The molecule has 1 aliphatic carbocycles. The van der Waals surface area contributed by atoms with Gasteiger partial charge in [-0.3, -0.25) is 0 Å². The van der Waals surface area contributed by atoms with E-state index in [0.29, 0.717) is 11.2 Å². The topological polar surface area (TPSA) is 51.0 Å². The summed E-state index contributed by atoms with van der Waals surface area (Å²) in [5.41, 5.74) is 2.30. The zero-order chi connectivity index (χ0) is 19.5. The van der Waals surface area contributed by atoms with Crippen molar-refractivity contribution in [1.82, 2.24) is 10.1 Å². The zero-order valence-electron chi connectivity index (χ0n) is 16.7. The highest BCUT2D eigenvalue weighted by Gasteiger charge is 2.20. The van der Waals surface area contributed by atoms with Crippen LogP contribution in [0, 0.1) is 6.92 Å². The molecule has 1 N–H and O–H groups in total. The molecule has 2 aromatic heterocycles. The van der Waals surface area contributed by atoms with Crippen LogP contribution < -0.4 is 5.32 Å². The minimum atomic E-state index is 0.508. The molecule has 0 amide bonds. The van der Waals surface area contributed by atoms with E-state index >= 15 is 0 Å². The van der Waals surface area contributed by atoms with Gasteiger partial charge in [0.15, 0.2) is 5.82 Å². The normalized spacial score (nSPS) is 15.3. The molecule has 0 atom stereocenters. The van der Waals surface area contributed by atoms with E-state index in [2.05, 4.69) is 48.7 Å². The smallest absolute Gasteiger partial charge is 0.174 e. The van der Waals surface area contributed by atoms with Crippen molar-refractivity contribution in [3.05, 3.63) is 41.2 Å². The van der Waals surface area contributed by atoms with E-state index in [4.69, 9.17) is 9.51 Å². The molecule has 1 saturated carbocycles. The molecule has 2 heterocycles. The molecule has 0 saturated heterocycles. The van der Waals surface area contributed by atoms with Crippen LogP contribution in [-0.2, 0) is 0 Å². The van der Waals surface area contributed by atoms with Gasteiger partial charge in [-0.05, 0) is 31.9 Å². The summed E-state index contributed by atoms with van der Waals surface area (Å²) in [4.78, 5) is 7.35. The van der Waals surface area contributed by atoms with Crippen LogP contribution in [0.3, 0.4) is 0 Å². The van der Waals surface area contributed by atoms with Gasteiger partial charge in [0, 0.05) is 39.6 Å². The van der Waals surface area contributed by atoms with Gasteiger partial charge in [-0.15, -0.1) is 23.1 Å². The van der Waals surface area contributed by atoms with Gasteiger partial charge in [-0.25, -0.2) is 4.98 Å². The van der Waals surface area contributed by atoms with Crippen molar-refractivity contribution < 1.29 is 4.52 Å². The van der Waals surface area contributed by atoms with Crippen LogP contribution in [-0.4, -0.2) is 15.4 Å². The number of anilines is 2. The summed E-state index contributed by atoms with van der Waals surface area (Å²) in [5, 5.41) is 9.20. The van der Waals surface area contributed by atoms with E-state index in [1.165, 1.54) is 52.4 Å². The van der Waals surface area contributed by atoms with Crippen molar-refractivity contribution in [2.75, 3.05) is 5.32 Å². The Bertz CT molecular complexity index is 926. The number of aromatic nitrogens is 2. The summed E-state index contributed by atoms with van der Waals surface area (Å²) in [7, 11) is 0. The number of thiazole rings is 1. The number of hydrogen-bond donors (Lipinski definition) is 1. The fourth-order valence-corrected chi connectivity index (χ4v) is 5.88. The van der Waals surface area contributed by atoms with Crippen LogP contribution in [0.2, 0.25) is 0 Å². The van der Waals surface area contributed by atoms with Crippen molar-refractivity contribution in [2.24, 2.45) is 0 Å². The Balaban J connectivity index is 1.61. The highest BCUT2D eigenvalue weighted by molar-refractivity contribution is 8.00. The lowest BCUT2D eigenvalue weighted by molar-refractivity contribution is 0.400. The fraction of sp³-hybridized carbons (Fsp3) is 0.455. The SMILES string of the molecule is Cc1cc(Nc2ccc(-c3cnc(C4CCCCC4)s3)c(SC(C)C)c2)no1. The quantitative estimate of drug-likeness (QED) is 0.427. The third-order valence-electron chi connectivity index (χ3n) is 4.99. The van der Waals surface area contributed by atoms with Gasteiger partial charge in [0.2, 0.25) is 0 Å². The van der Waals surface area contributed by atoms with E-state index in [0.717, 1.165) is 17.3 Å². The lowest BCUT2D eigenvalue weighted by atomic mass is 9.90. The number of aryl methyl sites for hydroxylation is 1. The number of nitrogens with zero attached hydrogens (tertiary/aromatic N) is 2. The monoisotopic (exact) mass is 413 g/mol. The molecule has 1 aromatic carbocycles. The van der Waals surface area contributed by atoms with Crippen molar-refractivity contribution in [2.45, 2.75) is 68.9 Å². The van der Waals surface area contributed by atoms with E-state index in [1.807, 2.05) is 36.1 Å². The Labute approximate surface area is 175 Å². The molecule has 4 nitrogen and oxygen atoms in total. The fourth-order valence-electron chi connectivity index (χ4n) is 3.68. The van der Waals surface area contributed by atoms with E-state index in [-0.39, 0.29) is 0 Å². The molecular formula is C22H27N3OS2. The summed E-state index contributed by atoms with van der Waals surface area (Å²) in [6, 6.07) is 8.44. The van der Waals surface area contributed by atoms with Gasteiger partial charge in [0.05, 0.1) is 9.88 Å². The second-order valence-corrected chi connectivity index (χ2v) is 10.4. The van der Waals surface area contributed by atoms with Gasteiger partial charge < -0.3 is 9.84 Å². The lowest BCUT2D eigenvalue weighted by Crippen LogP contribution is -2.03. The Hall–Kier alpha value is -1.79. The maximum Gasteiger partial charge on any atom is 0.174 e. The number of rotatable bonds is 6. The molecule has 0 radical (unpaired) electrons. The molecule has 3 aromatic rings. The molecule has 148 valence electrons. The van der Waals surface area contributed by atoms with Gasteiger partial charge in [-0.2, -0.15) is 0 Å². The molecule has 1 fully saturated rings. The second-order valence-electron chi connectivity index (χ2n) is 7.72. The van der Waals surface area contributed by atoms with Gasteiger partial charge in [0.1, 0.15) is 5.76 Å². The molecule has 0 spiro atoms. The van der Waals surface area contributed by atoms with Crippen LogP contribution in [0.15, 0.2) is 39.9 Å². The van der Waals surface area contributed by atoms with Crippen LogP contribution in [0.4, 0.5) is 11.5 Å². The molecular weight excluding hydrogens is 386 g/mol. The maximum atomic E-state index is 5.16. The third-order valence-corrected chi connectivity index (χ3v) is 7.24. The first-order valence-corrected chi connectivity index (χ1v) is 11.8. The van der Waals surface area contributed by atoms with Crippen LogP contribution >= 0.6 is 23.1 Å². The average molecular weight is 414 g/mol. The minimum absolute atomic E-state index is 0.508. The Morgan fingerprint density at radius 1 is 1.18 bits per heavy atom. The molecule has 0 bridgehead atoms. The number of thioether (sulfide) groups is 1. The minimum Gasteiger partial charge on any atom is -0.360 e. The average Bonchev–Trinajstić information content (AvgIpc) is 3.32. The lowest BCUT2D eigenvalue weighted by Gasteiger charge is -2.19. The van der Waals surface area contributed by atoms with Gasteiger partial charge in [-0.1, -0.05) is 44.3 Å². The zero-order valence-corrected chi connectivity index (χ0v) is 18.3. The van der Waals surface area contributed by atoms with Crippen molar-refractivity contribution >= 4 is 34.6 Å². The van der Waals surface area contributed by atoms with Crippen LogP contribution in [0.1, 0.15) is 62.6 Å². The Morgan fingerprint density at radius 2 is 2.00 bits per heavy atom. The summed E-state index contributed by atoms with van der Waals surface area (Å²) in [6.07, 6.45) is 8.72. The second kappa shape index (κ2) is 8.70. The highest BCUT2D eigenvalue weighted by Crippen LogP contribution is 2.41. The molecule has 1 aliphatic rings. The number of nitrogens with one attached hydrogen (secondary N) is 1. The predicted molar refractivity (Wildman–Crippen MR) is 119 cm³/mol. The van der Waals surface area contributed by atoms with E-state index in [1.54, 1.807) is 0 Å². The predicted octanol–water partition coefficient (Wildman–Crippen LogP) is 7.40. The van der Waals surface area contributed by atoms with Crippen LogP contribution in [0.5, 0.6) is 0 Å². The number of hydrogen-bond acceptors (Lipinski definition) is 6. The molecule has 0 unspecified atom stereocenters. The van der Waals surface area contributed by atoms with Gasteiger partial charge >= 0.3 is 0 Å². The first-order chi connectivity index (χ1) is 13.6. The van der Waals surface area contributed by atoms with Crippen molar-refractivity contribution in [1.29, 1.82) is 0 Å². The van der Waals surface area contributed by atoms with E-state index < -0.39 is 0 Å². The summed E-state index contributed by atoms with van der Waals surface area (Å²) in [5.74, 6) is 2.20. The largest absolute Gasteiger partial charge is 0.360 e. The van der Waals surface area contributed by atoms with Crippen molar-refractivity contribution in [3.63, 3.8) is 0 Å². The highest BCUT2D eigenvalue weighted by atomic mass is 32.2. The van der Waals surface area contributed by atoms with E-state index in [9.17, 15) is 0 Å². The van der Waals surface area contributed by atoms with Gasteiger partial charge in [0.25, 0.3) is 0 Å². The Kier molecular flexibility index (Phi) is 6.07. The standard InChI is InChI=1S/C22H27N3OS2/c1-14(2)27-19-12-17(24-21-11-15(3)26-25-21)9-10-18(19)20-13-23-22(28-20)16-7-5-4-6-8-16/h9-14,16H,4-8H2,1-3H3,(H,24,25). The first kappa shape index (κ1) is 19.5. The maximum absolute atomic E-state index is 5.16. The summed E-state index contributed by atoms with van der Waals surface area (Å²) >= 11 is 3.76. The molecule has 4 rings (SSSR count). The van der Waals surface area contributed by atoms with Crippen LogP contribution in [0.25, 0.3) is 10.4 Å². The first-order valence-electron chi connectivity index (χ1n) is 10.1. The molecule has 28 heavy (non-hydrogen) atoms. The Morgan fingerprint density at radius 3 is 2.71 bits per heavy atom. The number of benzene rings is 1. The summed E-state index contributed by atoms with van der Waals surface area (Å²) in [6.45, 7) is 6.36. The molecule has 0 aliphatic heterocycles. The molecule has 6 heteroatoms. The van der Waals surface area contributed by atoms with Crippen molar-refractivity contribution in [3.8, 4) is 10.4 Å². The summed E-state index contributed by atoms with van der Waals surface area (Å²) < 4.78 is 5.16.